The maximum Gasteiger partial charge on any atom is 0.222 e. The van der Waals surface area contributed by atoms with Crippen molar-refractivity contribution in [3.05, 3.63) is 0 Å². The number of amides is 1. The molecule has 0 spiro atoms. The van der Waals surface area contributed by atoms with Gasteiger partial charge in [-0.25, -0.2) is 0 Å². The maximum atomic E-state index is 12.2. The highest BCUT2D eigenvalue weighted by atomic mass is 16.2. The lowest BCUT2D eigenvalue weighted by Gasteiger charge is -2.29. The average molecular weight is 268 g/mol. The zero-order valence-corrected chi connectivity index (χ0v) is 13.2. The third kappa shape index (κ3) is 5.94. The number of carbonyl (C=O) groups is 1. The first-order chi connectivity index (χ1) is 8.80. The van der Waals surface area contributed by atoms with E-state index in [-0.39, 0.29) is 6.04 Å². The number of nitrogens with two attached hydrogens (primary N) is 1. The van der Waals surface area contributed by atoms with Crippen LogP contribution in [0.15, 0.2) is 0 Å². The van der Waals surface area contributed by atoms with E-state index in [0.29, 0.717) is 17.7 Å². The van der Waals surface area contributed by atoms with E-state index in [1.165, 1.54) is 6.42 Å². The van der Waals surface area contributed by atoms with Crippen LogP contribution in [-0.2, 0) is 4.79 Å². The van der Waals surface area contributed by atoms with Crippen LogP contribution >= 0.6 is 0 Å². The molecule has 1 aliphatic rings. The molecular formula is C16H32N2O. The second-order valence-electron chi connectivity index (χ2n) is 7.24. The zero-order chi connectivity index (χ0) is 14.5. The van der Waals surface area contributed by atoms with Crippen molar-refractivity contribution < 1.29 is 4.79 Å². The summed E-state index contributed by atoms with van der Waals surface area (Å²) in [5, 5.41) is 0. The van der Waals surface area contributed by atoms with Crippen molar-refractivity contribution in [1.29, 1.82) is 0 Å². The van der Waals surface area contributed by atoms with E-state index in [0.717, 1.165) is 44.7 Å². The summed E-state index contributed by atoms with van der Waals surface area (Å²) >= 11 is 0. The summed E-state index contributed by atoms with van der Waals surface area (Å²) in [7, 11) is 0. The Kier molecular flexibility index (Phi) is 6.31. The lowest BCUT2D eigenvalue weighted by atomic mass is 9.77. The van der Waals surface area contributed by atoms with Gasteiger partial charge in [0.15, 0.2) is 0 Å². The highest BCUT2D eigenvalue weighted by Gasteiger charge is 2.28. The topological polar surface area (TPSA) is 46.3 Å². The van der Waals surface area contributed by atoms with Crippen molar-refractivity contribution in [2.24, 2.45) is 17.1 Å². The van der Waals surface area contributed by atoms with E-state index in [9.17, 15) is 4.79 Å². The summed E-state index contributed by atoms with van der Waals surface area (Å²) in [5.74, 6) is 1.07. The Morgan fingerprint density at radius 1 is 1.32 bits per heavy atom. The van der Waals surface area contributed by atoms with Crippen molar-refractivity contribution in [2.45, 2.75) is 72.3 Å². The Balaban J connectivity index is 2.38. The molecule has 1 amide bonds. The number of hydrogen-bond donors (Lipinski definition) is 1. The molecule has 2 N–H and O–H groups in total. The van der Waals surface area contributed by atoms with E-state index in [1.54, 1.807) is 0 Å². The fraction of sp³-hybridized carbons (Fsp3) is 0.938. The van der Waals surface area contributed by atoms with Crippen molar-refractivity contribution in [3.8, 4) is 0 Å². The van der Waals surface area contributed by atoms with Gasteiger partial charge in [0.25, 0.3) is 0 Å². The normalized spacial score (nSPS) is 23.0. The van der Waals surface area contributed by atoms with Crippen LogP contribution in [0.4, 0.5) is 0 Å². The predicted octanol–water partition coefficient (Wildman–Crippen LogP) is 3.18. The van der Waals surface area contributed by atoms with Crippen molar-refractivity contribution in [1.82, 2.24) is 4.90 Å². The number of hydrogen-bond acceptors (Lipinski definition) is 2. The van der Waals surface area contributed by atoms with Crippen LogP contribution in [0, 0.1) is 11.3 Å². The Bertz CT molecular complexity index is 281. The molecule has 3 heteroatoms. The van der Waals surface area contributed by atoms with Crippen LogP contribution < -0.4 is 5.73 Å². The Morgan fingerprint density at radius 3 is 2.58 bits per heavy atom. The van der Waals surface area contributed by atoms with Crippen molar-refractivity contribution in [3.63, 3.8) is 0 Å². The maximum absolute atomic E-state index is 12.2. The van der Waals surface area contributed by atoms with Crippen LogP contribution in [0.3, 0.4) is 0 Å². The number of carbonyl (C=O) groups excluding carboxylic acids is 1. The monoisotopic (exact) mass is 268 g/mol. The minimum Gasteiger partial charge on any atom is -0.343 e. The standard InChI is InChI=1S/C16H32N2O/c1-13(17)7-5-9-15(19)18-11-6-8-14(10-12-18)16(2,3)4/h13-14H,5-12,17H2,1-4H3. The van der Waals surface area contributed by atoms with Gasteiger partial charge in [0.1, 0.15) is 0 Å². The smallest absolute Gasteiger partial charge is 0.222 e. The van der Waals surface area contributed by atoms with Crippen molar-refractivity contribution in [2.75, 3.05) is 13.1 Å². The van der Waals surface area contributed by atoms with Gasteiger partial charge in [-0.05, 0) is 50.4 Å². The van der Waals surface area contributed by atoms with Crippen LogP contribution in [0.2, 0.25) is 0 Å². The Morgan fingerprint density at radius 2 is 2.00 bits per heavy atom. The zero-order valence-electron chi connectivity index (χ0n) is 13.2. The molecule has 1 saturated heterocycles. The van der Waals surface area contributed by atoms with E-state index in [4.69, 9.17) is 5.73 Å². The van der Waals surface area contributed by atoms with E-state index in [1.807, 2.05) is 6.92 Å². The number of rotatable bonds is 4. The first-order valence-corrected chi connectivity index (χ1v) is 7.84. The molecule has 2 unspecified atom stereocenters. The largest absolute Gasteiger partial charge is 0.343 e. The van der Waals surface area contributed by atoms with Gasteiger partial charge in [-0.2, -0.15) is 0 Å². The van der Waals surface area contributed by atoms with Crippen LogP contribution in [0.25, 0.3) is 0 Å². The Labute approximate surface area is 118 Å². The summed E-state index contributed by atoms with van der Waals surface area (Å²) in [6.07, 6.45) is 6.11. The average Bonchev–Trinajstić information content (AvgIpc) is 2.52. The van der Waals surface area contributed by atoms with Gasteiger partial charge in [0.05, 0.1) is 0 Å². The van der Waals surface area contributed by atoms with Gasteiger partial charge in [0, 0.05) is 25.6 Å². The lowest BCUT2D eigenvalue weighted by molar-refractivity contribution is -0.131. The molecule has 19 heavy (non-hydrogen) atoms. The molecular weight excluding hydrogens is 236 g/mol. The summed E-state index contributed by atoms with van der Waals surface area (Å²) in [5.41, 5.74) is 6.09. The minimum atomic E-state index is 0.210. The molecule has 3 nitrogen and oxygen atoms in total. The van der Waals surface area contributed by atoms with Gasteiger partial charge in [-0.1, -0.05) is 20.8 Å². The molecule has 2 atom stereocenters. The van der Waals surface area contributed by atoms with E-state index >= 15 is 0 Å². The van der Waals surface area contributed by atoms with E-state index in [2.05, 4.69) is 25.7 Å². The lowest BCUT2D eigenvalue weighted by Crippen LogP contribution is -2.32. The van der Waals surface area contributed by atoms with Gasteiger partial charge < -0.3 is 10.6 Å². The molecule has 1 fully saturated rings. The molecule has 1 heterocycles. The molecule has 1 aliphatic heterocycles. The summed E-state index contributed by atoms with van der Waals surface area (Å²) in [4.78, 5) is 14.3. The number of likely N-dealkylation sites (tertiary alicyclic amines) is 1. The predicted molar refractivity (Wildman–Crippen MR) is 80.9 cm³/mol. The van der Waals surface area contributed by atoms with Crippen LogP contribution in [0.1, 0.15) is 66.2 Å². The Hall–Kier alpha value is -0.570. The molecule has 0 saturated carbocycles. The molecule has 1 rings (SSSR count). The molecule has 0 aromatic heterocycles. The SMILES string of the molecule is CC(N)CCCC(=O)N1CCCC(C(C)(C)C)CC1. The second kappa shape index (κ2) is 7.28. The molecule has 0 bridgehead atoms. The van der Waals surface area contributed by atoms with E-state index < -0.39 is 0 Å². The first kappa shape index (κ1) is 16.5. The highest BCUT2D eigenvalue weighted by Crippen LogP contribution is 2.34. The fourth-order valence-electron chi connectivity index (χ4n) is 2.95. The quantitative estimate of drug-likeness (QED) is 0.851. The third-order valence-electron chi connectivity index (χ3n) is 4.36. The summed E-state index contributed by atoms with van der Waals surface area (Å²) in [6.45, 7) is 10.8. The molecule has 0 aromatic rings. The summed E-state index contributed by atoms with van der Waals surface area (Å²) < 4.78 is 0. The third-order valence-corrected chi connectivity index (χ3v) is 4.36. The molecule has 0 aliphatic carbocycles. The van der Waals surface area contributed by atoms with Gasteiger partial charge in [-0.15, -0.1) is 0 Å². The van der Waals surface area contributed by atoms with Crippen molar-refractivity contribution >= 4 is 5.91 Å². The fourth-order valence-corrected chi connectivity index (χ4v) is 2.95. The number of nitrogens with zero attached hydrogens (tertiary/aromatic N) is 1. The molecule has 0 radical (unpaired) electrons. The van der Waals surface area contributed by atoms with Crippen LogP contribution in [0.5, 0.6) is 0 Å². The first-order valence-electron chi connectivity index (χ1n) is 7.84. The highest BCUT2D eigenvalue weighted by molar-refractivity contribution is 5.76. The minimum absolute atomic E-state index is 0.210. The second-order valence-corrected chi connectivity index (χ2v) is 7.24. The van der Waals surface area contributed by atoms with Gasteiger partial charge in [-0.3, -0.25) is 4.79 Å². The summed E-state index contributed by atoms with van der Waals surface area (Å²) in [6, 6.07) is 0.210. The van der Waals surface area contributed by atoms with Gasteiger partial charge in [0.2, 0.25) is 5.91 Å². The molecule has 0 aromatic carbocycles. The van der Waals surface area contributed by atoms with Gasteiger partial charge >= 0.3 is 0 Å². The van der Waals surface area contributed by atoms with Crippen LogP contribution in [-0.4, -0.2) is 29.9 Å². The molecule has 112 valence electrons.